The standard InChI is InChI=1S/C20H22N4O6S/c1-13-6-5-7-18-21-16(11-24(13)18)20(26)30-12-19(25)22-15-10-14(8-9-17(15)29-4)31(27,28)23(2)3/h5-11H,12H2,1-4H3,(H,22,25). The zero-order valence-electron chi connectivity index (χ0n) is 17.4. The first-order valence-corrected chi connectivity index (χ1v) is 10.6. The number of amides is 1. The van der Waals surface area contributed by atoms with Crippen LogP contribution in [0.25, 0.3) is 5.65 Å². The van der Waals surface area contributed by atoms with Gasteiger partial charge in [-0.2, -0.15) is 0 Å². The minimum absolute atomic E-state index is 0.0225. The molecule has 0 aliphatic heterocycles. The Morgan fingerprint density at radius 3 is 2.58 bits per heavy atom. The number of nitrogens with one attached hydrogen (secondary N) is 1. The van der Waals surface area contributed by atoms with Crippen LogP contribution in [0.1, 0.15) is 16.2 Å². The first-order valence-electron chi connectivity index (χ1n) is 9.15. The summed E-state index contributed by atoms with van der Waals surface area (Å²) < 4.78 is 37.7. The topological polar surface area (TPSA) is 119 Å². The van der Waals surface area contributed by atoms with E-state index in [0.717, 1.165) is 10.00 Å². The minimum Gasteiger partial charge on any atom is -0.495 e. The zero-order valence-corrected chi connectivity index (χ0v) is 18.3. The fraction of sp³-hybridized carbons (Fsp3) is 0.250. The van der Waals surface area contributed by atoms with Gasteiger partial charge in [-0.25, -0.2) is 22.5 Å². The van der Waals surface area contributed by atoms with Crippen molar-refractivity contribution < 1.29 is 27.5 Å². The summed E-state index contributed by atoms with van der Waals surface area (Å²) in [5.41, 5.74) is 1.68. The summed E-state index contributed by atoms with van der Waals surface area (Å²) in [4.78, 5) is 28.7. The van der Waals surface area contributed by atoms with Gasteiger partial charge in [0, 0.05) is 26.0 Å². The van der Waals surface area contributed by atoms with Crippen molar-refractivity contribution in [1.29, 1.82) is 0 Å². The molecule has 0 spiro atoms. The molecule has 1 N–H and O–H groups in total. The first-order chi connectivity index (χ1) is 14.6. The number of hydrogen-bond donors (Lipinski definition) is 1. The molecule has 3 aromatic rings. The Labute approximate surface area is 179 Å². The molecule has 0 aliphatic rings. The quantitative estimate of drug-likeness (QED) is 0.549. The van der Waals surface area contributed by atoms with Gasteiger partial charge >= 0.3 is 5.97 Å². The van der Waals surface area contributed by atoms with Gasteiger partial charge in [0.05, 0.1) is 17.7 Å². The molecule has 164 valence electrons. The number of esters is 1. The molecular weight excluding hydrogens is 424 g/mol. The van der Waals surface area contributed by atoms with Crippen molar-refractivity contribution >= 4 is 33.2 Å². The van der Waals surface area contributed by atoms with Crippen LogP contribution in [0.2, 0.25) is 0 Å². The summed E-state index contributed by atoms with van der Waals surface area (Å²) >= 11 is 0. The summed E-state index contributed by atoms with van der Waals surface area (Å²) in [6.07, 6.45) is 1.53. The van der Waals surface area contributed by atoms with Gasteiger partial charge < -0.3 is 19.2 Å². The number of fused-ring (bicyclic) bond motifs is 1. The van der Waals surface area contributed by atoms with Crippen LogP contribution in [0.15, 0.2) is 47.5 Å². The number of aryl methyl sites for hydroxylation is 1. The summed E-state index contributed by atoms with van der Waals surface area (Å²) in [5.74, 6) is -1.16. The highest BCUT2D eigenvalue weighted by molar-refractivity contribution is 7.89. The van der Waals surface area contributed by atoms with Crippen molar-refractivity contribution in [3.8, 4) is 5.75 Å². The maximum Gasteiger partial charge on any atom is 0.359 e. The third-order valence-corrected chi connectivity index (χ3v) is 6.27. The molecule has 2 heterocycles. The molecule has 1 amide bonds. The predicted molar refractivity (Wildman–Crippen MR) is 113 cm³/mol. The first kappa shape index (κ1) is 22.2. The number of carbonyl (C=O) groups is 2. The number of carbonyl (C=O) groups excluding carboxylic acids is 2. The predicted octanol–water partition coefficient (Wildman–Crippen LogP) is 1.70. The lowest BCUT2D eigenvalue weighted by atomic mass is 10.3. The Bertz CT molecular complexity index is 1250. The third kappa shape index (κ3) is 4.67. The Hall–Kier alpha value is -3.44. The second-order valence-corrected chi connectivity index (χ2v) is 8.95. The van der Waals surface area contributed by atoms with Gasteiger partial charge in [0.1, 0.15) is 11.4 Å². The van der Waals surface area contributed by atoms with E-state index in [4.69, 9.17) is 9.47 Å². The van der Waals surface area contributed by atoms with E-state index in [2.05, 4.69) is 10.3 Å². The van der Waals surface area contributed by atoms with Crippen LogP contribution in [-0.2, 0) is 19.6 Å². The molecule has 0 aliphatic carbocycles. The number of aromatic nitrogens is 2. The van der Waals surface area contributed by atoms with Crippen molar-refractivity contribution in [2.45, 2.75) is 11.8 Å². The Kier molecular flexibility index (Phi) is 6.27. The fourth-order valence-corrected chi connectivity index (χ4v) is 3.72. The number of ether oxygens (including phenoxy) is 2. The van der Waals surface area contributed by atoms with Gasteiger partial charge in [-0.1, -0.05) is 6.07 Å². The summed E-state index contributed by atoms with van der Waals surface area (Å²) in [5, 5.41) is 2.51. The Morgan fingerprint density at radius 2 is 1.94 bits per heavy atom. The maximum atomic E-state index is 12.3. The van der Waals surface area contributed by atoms with E-state index < -0.39 is 28.5 Å². The van der Waals surface area contributed by atoms with Gasteiger partial charge in [-0.05, 0) is 37.3 Å². The van der Waals surface area contributed by atoms with Crippen molar-refractivity contribution in [2.24, 2.45) is 0 Å². The van der Waals surface area contributed by atoms with Crippen LogP contribution in [-0.4, -0.2) is 61.8 Å². The van der Waals surface area contributed by atoms with Crippen LogP contribution in [0, 0.1) is 6.92 Å². The average molecular weight is 446 g/mol. The largest absolute Gasteiger partial charge is 0.495 e. The van der Waals surface area contributed by atoms with E-state index in [1.807, 2.05) is 19.1 Å². The maximum absolute atomic E-state index is 12.3. The lowest BCUT2D eigenvalue weighted by Gasteiger charge is -2.15. The molecule has 0 fully saturated rings. The Morgan fingerprint density at radius 1 is 1.19 bits per heavy atom. The lowest BCUT2D eigenvalue weighted by molar-refractivity contribution is -0.119. The second-order valence-electron chi connectivity index (χ2n) is 6.80. The van der Waals surface area contributed by atoms with Gasteiger partial charge in [0.15, 0.2) is 12.3 Å². The van der Waals surface area contributed by atoms with Gasteiger partial charge in [0.25, 0.3) is 5.91 Å². The number of nitrogens with zero attached hydrogens (tertiary/aromatic N) is 3. The SMILES string of the molecule is COc1ccc(S(=O)(=O)N(C)C)cc1NC(=O)COC(=O)c1cn2c(C)cccc2n1. The monoisotopic (exact) mass is 446 g/mol. The highest BCUT2D eigenvalue weighted by atomic mass is 32.2. The molecule has 0 saturated heterocycles. The van der Waals surface area contributed by atoms with Crippen molar-refractivity contribution in [3.63, 3.8) is 0 Å². The highest BCUT2D eigenvalue weighted by Gasteiger charge is 2.20. The van der Waals surface area contributed by atoms with E-state index in [9.17, 15) is 18.0 Å². The number of rotatable bonds is 7. The van der Waals surface area contributed by atoms with Gasteiger partial charge in [0.2, 0.25) is 10.0 Å². The molecule has 0 radical (unpaired) electrons. The van der Waals surface area contributed by atoms with Crippen LogP contribution in [0.3, 0.4) is 0 Å². The molecule has 0 saturated carbocycles. The smallest absolute Gasteiger partial charge is 0.359 e. The van der Waals surface area contributed by atoms with Gasteiger partial charge in [-0.3, -0.25) is 4.79 Å². The molecule has 2 aromatic heterocycles. The van der Waals surface area contributed by atoms with E-state index in [-0.39, 0.29) is 22.0 Å². The second kappa shape index (κ2) is 8.74. The van der Waals surface area contributed by atoms with Crippen LogP contribution in [0.4, 0.5) is 5.69 Å². The third-order valence-electron chi connectivity index (χ3n) is 4.46. The number of anilines is 1. The fourth-order valence-electron chi connectivity index (χ4n) is 2.79. The average Bonchev–Trinajstić information content (AvgIpc) is 3.17. The van der Waals surface area contributed by atoms with Crippen LogP contribution < -0.4 is 10.1 Å². The number of methoxy groups -OCH3 is 1. The molecule has 0 bridgehead atoms. The molecular formula is C20H22N4O6S. The normalized spacial score (nSPS) is 11.5. The molecule has 0 unspecified atom stereocenters. The molecule has 11 heteroatoms. The Balaban J connectivity index is 1.71. The number of pyridine rings is 1. The van der Waals surface area contributed by atoms with Crippen molar-refractivity contribution in [1.82, 2.24) is 13.7 Å². The molecule has 31 heavy (non-hydrogen) atoms. The summed E-state index contributed by atoms with van der Waals surface area (Å²) in [6.45, 7) is 1.29. The number of sulfonamides is 1. The highest BCUT2D eigenvalue weighted by Crippen LogP contribution is 2.28. The van der Waals surface area contributed by atoms with E-state index in [0.29, 0.717) is 5.65 Å². The number of hydrogen-bond acceptors (Lipinski definition) is 7. The van der Waals surface area contributed by atoms with E-state index in [1.54, 1.807) is 10.5 Å². The lowest BCUT2D eigenvalue weighted by Crippen LogP contribution is -2.23. The zero-order chi connectivity index (χ0) is 22.8. The molecule has 1 aromatic carbocycles. The summed E-state index contributed by atoms with van der Waals surface area (Å²) in [6, 6.07) is 9.51. The van der Waals surface area contributed by atoms with Crippen LogP contribution in [0.5, 0.6) is 5.75 Å². The van der Waals surface area contributed by atoms with E-state index in [1.165, 1.54) is 45.6 Å². The summed E-state index contributed by atoms with van der Waals surface area (Å²) in [7, 11) is 0.479. The molecule has 0 atom stereocenters. The number of imidazole rings is 1. The van der Waals surface area contributed by atoms with Crippen molar-refractivity contribution in [3.05, 3.63) is 54.0 Å². The minimum atomic E-state index is -3.71. The molecule has 10 nitrogen and oxygen atoms in total. The van der Waals surface area contributed by atoms with Gasteiger partial charge in [-0.15, -0.1) is 0 Å². The molecule has 3 rings (SSSR count). The van der Waals surface area contributed by atoms with Crippen molar-refractivity contribution in [2.75, 3.05) is 33.1 Å². The number of benzene rings is 1. The van der Waals surface area contributed by atoms with E-state index >= 15 is 0 Å². The van der Waals surface area contributed by atoms with Crippen LogP contribution >= 0.6 is 0 Å².